The van der Waals surface area contributed by atoms with Crippen LogP contribution in [0.2, 0.25) is 10.0 Å². The van der Waals surface area contributed by atoms with Gasteiger partial charge in [0.15, 0.2) is 0 Å². The molecule has 0 atom stereocenters. The second kappa shape index (κ2) is 6.48. The largest absolute Gasteiger partial charge is 0.383 e. The first-order valence-electron chi connectivity index (χ1n) is 6.91. The Labute approximate surface area is 148 Å². The van der Waals surface area contributed by atoms with E-state index in [9.17, 15) is 9.65 Å². The summed E-state index contributed by atoms with van der Waals surface area (Å²) in [6.07, 6.45) is 0. The quantitative estimate of drug-likeness (QED) is 0.675. The van der Waals surface area contributed by atoms with E-state index >= 15 is 0 Å². The summed E-state index contributed by atoms with van der Waals surface area (Å²) >= 11 is 12.0. The van der Waals surface area contributed by atoms with Crippen molar-refractivity contribution >= 4 is 29.0 Å². The SMILES string of the molecule is N#Cc1c(-c2ccc(Cl)c(Cl)c2)cc(-c2cccc(F)c2)nc1N. The molecule has 3 nitrogen and oxygen atoms in total. The van der Waals surface area contributed by atoms with Crippen molar-refractivity contribution in [2.24, 2.45) is 0 Å². The predicted molar refractivity (Wildman–Crippen MR) is 94.2 cm³/mol. The fraction of sp³-hybridized carbons (Fsp3) is 0. The first-order valence-corrected chi connectivity index (χ1v) is 7.67. The van der Waals surface area contributed by atoms with Gasteiger partial charge in [0, 0.05) is 11.1 Å². The highest BCUT2D eigenvalue weighted by atomic mass is 35.5. The summed E-state index contributed by atoms with van der Waals surface area (Å²) in [5.41, 5.74) is 8.42. The minimum Gasteiger partial charge on any atom is -0.383 e. The van der Waals surface area contributed by atoms with Crippen LogP contribution in [0.25, 0.3) is 22.4 Å². The van der Waals surface area contributed by atoms with Crippen LogP contribution in [-0.2, 0) is 0 Å². The van der Waals surface area contributed by atoms with Crippen LogP contribution >= 0.6 is 23.2 Å². The van der Waals surface area contributed by atoms with Crippen LogP contribution in [0, 0.1) is 17.1 Å². The number of hydrogen-bond acceptors (Lipinski definition) is 3. The zero-order chi connectivity index (χ0) is 17.3. The second-order valence-corrected chi connectivity index (χ2v) is 5.88. The highest BCUT2D eigenvalue weighted by Crippen LogP contribution is 2.34. The fourth-order valence-electron chi connectivity index (χ4n) is 2.37. The molecule has 0 spiro atoms. The first-order chi connectivity index (χ1) is 11.5. The molecular weight excluding hydrogens is 348 g/mol. The molecule has 0 aliphatic rings. The minimum atomic E-state index is -0.381. The Morgan fingerprint density at radius 2 is 1.79 bits per heavy atom. The molecule has 24 heavy (non-hydrogen) atoms. The molecule has 0 bridgehead atoms. The van der Waals surface area contributed by atoms with E-state index in [0.29, 0.717) is 32.4 Å². The molecule has 0 unspecified atom stereocenters. The van der Waals surface area contributed by atoms with Gasteiger partial charge in [0.1, 0.15) is 23.3 Å². The lowest BCUT2D eigenvalue weighted by Gasteiger charge is -2.11. The summed E-state index contributed by atoms with van der Waals surface area (Å²) in [6.45, 7) is 0. The van der Waals surface area contributed by atoms with Gasteiger partial charge in [-0.25, -0.2) is 9.37 Å². The van der Waals surface area contributed by atoms with E-state index in [1.165, 1.54) is 12.1 Å². The maximum Gasteiger partial charge on any atom is 0.142 e. The molecule has 1 aromatic heterocycles. The zero-order valence-corrected chi connectivity index (χ0v) is 13.7. The van der Waals surface area contributed by atoms with E-state index in [-0.39, 0.29) is 17.2 Å². The Hall–Kier alpha value is -2.61. The maximum absolute atomic E-state index is 13.5. The molecule has 118 valence electrons. The lowest BCUT2D eigenvalue weighted by molar-refractivity contribution is 0.628. The van der Waals surface area contributed by atoms with E-state index in [0.717, 1.165) is 0 Å². The Morgan fingerprint density at radius 1 is 1.00 bits per heavy atom. The molecule has 6 heteroatoms. The van der Waals surface area contributed by atoms with Crippen LogP contribution in [0.15, 0.2) is 48.5 Å². The average Bonchev–Trinajstić information content (AvgIpc) is 2.56. The van der Waals surface area contributed by atoms with Gasteiger partial charge in [-0.2, -0.15) is 5.26 Å². The van der Waals surface area contributed by atoms with Crippen molar-refractivity contribution < 1.29 is 4.39 Å². The van der Waals surface area contributed by atoms with Crippen molar-refractivity contribution in [1.82, 2.24) is 4.98 Å². The molecule has 3 aromatic rings. The van der Waals surface area contributed by atoms with Gasteiger partial charge in [0.25, 0.3) is 0 Å². The number of rotatable bonds is 2. The molecule has 0 aliphatic carbocycles. The van der Waals surface area contributed by atoms with E-state index in [2.05, 4.69) is 4.98 Å². The van der Waals surface area contributed by atoms with Gasteiger partial charge in [0.2, 0.25) is 0 Å². The molecule has 0 saturated heterocycles. The van der Waals surface area contributed by atoms with Crippen LogP contribution in [0.3, 0.4) is 0 Å². The molecule has 2 aromatic carbocycles. The molecule has 3 rings (SSSR count). The van der Waals surface area contributed by atoms with Crippen molar-refractivity contribution in [3.63, 3.8) is 0 Å². The summed E-state index contributed by atoms with van der Waals surface area (Å²) in [5.74, 6) is -0.311. The van der Waals surface area contributed by atoms with Gasteiger partial charge in [-0.1, -0.05) is 41.4 Å². The number of nitrogen functional groups attached to an aromatic ring is 1. The summed E-state index contributed by atoms with van der Waals surface area (Å²) < 4.78 is 13.5. The van der Waals surface area contributed by atoms with Crippen LogP contribution < -0.4 is 5.73 Å². The topological polar surface area (TPSA) is 62.7 Å². The number of hydrogen-bond donors (Lipinski definition) is 1. The molecule has 2 N–H and O–H groups in total. The fourth-order valence-corrected chi connectivity index (χ4v) is 2.67. The zero-order valence-electron chi connectivity index (χ0n) is 12.2. The highest BCUT2D eigenvalue weighted by molar-refractivity contribution is 6.42. The Bertz CT molecular complexity index is 980. The molecular formula is C18H10Cl2FN3. The maximum atomic E-state index is 13.5. The molecule has 0 fully saturated rings. The van der Waals surface area contributed by atoms with Crippen molar-refractivity contribution in [3.05, 3.63) is 70.0 Å². The Balaban J connectivity index is 2.24. The number of anilines is 1. The lowest BCUT2D eigenvalue weighted by atomic mass is 9.98. The standard InChI is InChI=1S/C18H10Cl2FN3/c19-15-5-4-10(7-16(15)20)13-8-17(24-18(23)14(13)9-22)11-2-1-3-12(21)6-11/h1-8H,(H2,23,24). The summed E-state index contributed by atoms with van der Waals surface area (Å²) in [4.78, 5) is 4.21. The van der Waals surface area contributed by atoms with Crippen molar-refractivity contribution in [3.8, 4) is 28.5 Å². The third-order valence-corrected chi connectivity index (χ3v) is 4.25. The number of nitriles is 1. The molecule has 0 aliphatic heterocycles. The van der Waals surface area contributed by atoms with E-state index in [1.807, 2.05) is 6.07 Å². The van der Waals surface area contributed by atoms with Crippen LogP contribution in [0.4, 0.5) is 10.2 Å². The minimum absolute atomic E-state index is 0.0698. The normalized spacial score (nSPS) is 10.4. The monoisotopic (exact) mass is 357 g/mol. The molecule has 0 amide bonds. The molecule has 0 saturated carbocycles. The summed E-state index contributed by atoms with van der Waals surface area (Å²) in [6, 6.07) is 14.8. The number of halogens is 3. The van der Waals surface area contributed by atoms with Crippen LogP contribution in [-0.4, -0.2) is 4.98 Å². The smallest absolute Gasteiger partial charge is 0.142 e. The Morgan fingerprint density at radius 3 is 2.46 bits per heavy atom. The van der Waals surface area contributed by atoms with Gasteiger partial charge in [-0.3, -0.25) is 0 Å². The average molecular weight is 358 g/mol. The van der Waals surface area contributed by atoms with E-state index < -0.39 is 0 Å². The predicted octanol–water partition coefficient (Wildman–Crippen LogP) is 5.32. The van der Waals surface area contributed by atoms with E-state index in [1.54, 1.807) is 36.4 Å². The van der Waals surface area contributed by atoms with Gasteiger partial charge in [-0.15, -0.1) is 0 Å². The van der Waals surface area contributed by atoms with Crippen molar-refractivity contribution in [2.45, 2.75) is 0 Å². The molecule has 0 radical (unpaired) electrons. The summed E-state index contributed by atoms with van der Waals surface area (Å²) in [7, 11) is 0. The third kappa shape index (κ3) is 3.05. The van der Waals surface area contributed by atoms with Gasteiger partial charge >= 0.3 is 0 Å². The number of benzene rings is 2. The number of aromatic nitrogens is 1. The lowest BCUT2D eigenvalue weighted by Crippen LogP contribution is -2.00. The van der Waals surface area contributed by atoms with Gasteiger partial charge < -0.3 is 5.73 Å². The highest BCUT2D eigenvalue weighted by Gasteiger charge is 2.14. The van der Waals surface area contributed by atoms with E-state index in [4.69, 9.17) is 28.9 Å². The van der Waals surface area contributed by atoms with Gasteiger partial charge in [-0.05, 0) is 35.9 Å². The second-order valence-electron chi connectivity index (χ2n) is 5.07. The molecule has 1 heterocycles. The van der Waals surface area contributed by atoms with Gasteiger partial charge in [0.05, 0.1) is 15.7 Å². The first kappa shape index (κ1) is 16.3. The summed E-state index contributed by atoms with van der Waals surface area (Å²) in [5, 5.41) is 10.2. The van der Waals surface area contributed by atoms with Crippen molar-refractivity contribution in [1.29, 1.82) is 5.26 Å². The number of pyridine rings is 1. The van der Waals surface area contributed by atoms with Crippen molar-refractivity contribution in [2.75, 3.05) is 5.73 Å². The van der Waals surface area contributed by atoms with Crippen LogP contribution in [0.5, 0.6) is 0 Å². The van der Waals surface area contributed by atoms with Crippen LogP contribution in [0.1, 0.15) is 5.56 Å². The third-order valence-electron chi connectivity index (χ3n) is 3.51. The number of nitrogens with two attached hydrogens (primary N) is 1. The Kier molecular flexibility index (Phi) is 4.39. The number of nitrogens with zero attached hydrogens (tertiary/aromatic N) is 2.